The first-order valence-corrected chi connectivity index (χ1v) is 12.2. The van der Waals surface area contributed by atoms with Gasteiger partial charge in [-0.25, -0.2) is 10.3 Å². The zero-order valence-corrected chi connectivity index (χ0v) is 20.9. The van der Waals surface area contributed by atoms with Crippen LogP contribution in [0.25, 0.3) is 0 Å². The van der Waals surface area contributed by atoms with Crippen LogP contribution >= 0.6 is 15.9 Å². The van der Waals surface area contributed by atoms with Crippen LogP contribution in [0.2, 0.25) is 0 Å². The Morgan fingerprint density at radius 2 is 1.74 bits per heavy atom. The molecular formula is C27H24BrN3O4. The molecule has 178 valence electrons. The number of halogens is 1. The highest BCUT2D eigenvalue weighted by molar-refractivity contribution is 9.10. The molecule has 0 aliphatic carbocycles. The zero-order chi connectivity index (χ0) is 24.7. The molecule has 3 atom stereocenters. The molecule has 0 bridgehead atoms. The Hall–Kier alpha value is -3.49. The molecule has 7 nitrogen and oxygen atoms in total. The van der Waals surface area contributed by atoms with Crippen molar-refractivity contribution in [3.63, 3.8) is 0 Å². The predicted octanol–water partition coefficient (Wildman–Crippen LogP) is 4.42. The van der Waals surface area contributed by atoms with Gasteiger partial charge in [-0.05, 0) is 50.2 Å². The van der Waals surface area contributed by atoms with E-state index in [4.69, 9.17) is 4.74 Å². The molecule has 3 aromatic rings. The van der Waals surface area contributed by atoms with Crippen molar-refractivity contribution in [3.05, 3.63) is 94.0 Å². The third kappa shape index (κ3) is 4.02. The number of nitrogens with one attached hydrogen (secondary N) is 1. The number of imide groups is 1. The molecule has 2 aliphatic rings. The van der Waals surface area contributed by atoms with Gasteiger partial charge in [0.05, 0.1) is 24.3 Å². The monoisotopic (exact) mass is 533 g/mol. The highest BCUT2D eigenvalue weighted by Crippen LogP contribution is 2.44. The number of hydrogen-bond acceptors (Lipinski definition) is 5. The van der Waals surface area contributed by atoms with Crippen LogP contribution in [0.15, 0.2) is 77.3 Å². The van der Waals surface area contributed by atoms with Gasteiger partial charge in [0.15, 0.2) is 0 Å². The smallest absolute Gasteiger partial charge is 0.268 e. The van der Waals surface area contributed by atoms with E-state index >= 15 is 0 Å². The highest BCUT2D eigenvalue weighted by atomic mass is 79.9. The second-order valence-corrected chi connectivity index (χ2v) is 9.50. The van der Waals surface area contributed by atoms with Crippen molar-refractivity contribution in [1.29, 1.82) is 0 Å². The molecule has 0 saturated carbocycles. The lowest BCUT2D eigenvalue weighted by molar-refractivity contribution is -0.123. The molecule has 5 rings (SSSR count). The van der Waals surface area contributed by atoms with Crippen molar-refractivity contribution in [1.82, 2.24) is 10.4 Å². The minimum atomic E-state index is -0.991. The lowest BCUT2D eigenvalue weighted by Gasteiger charge is -2.26. The number of para-hydroxylation sites is 1. The maximum absolute atomic E-state index is 13.8. The molecule has 0 aromatic heterocycles. The quantitative estimate of drug-likeness (QED) is 0.491. The second kappa shape index (κ2) is 9.28. The van der Waals surface area contributed by atoms with Gasteiger partial charge in [0.2, 0.25) is 5.91 Å². The molecule has 3 amide bonds. The van der Waals surface area contributed by atoms with Gasteiger partial charge in [-0.15, -0.1) is 0 Å². The van der Waals surface area contributed by atoms with Crippen LogP contribution in [0.1, 0.15) is 34.5 Å². The molecule has 0 radical (unpaired) electrons. The summed E-state index contributed by atoms with van der Waals surface area (Å²) in [4.78, 5) is 42.3. The van der Waals surface area contributed by atoms with E-state index in [1.165, 1.54) is 9.91 Å². The summed E-state index contributed by atoms with van der Waals surface area (Å²) in [5, 5.41) is 1.31. The Morgan fingerprint density at radius 1 is 1.00 bits per heavy atom. The highest BCUT2D eigenvalue weighted by Gasteiger charge is 2.60. The number of nitrogens with zero attached hydrogens (tertiary/aromatic N) is 2. The largest absolute Gasteiger partial charge is 0.494 e. The Labute approximate surface area is 211 Å². The van der Waals surface area contributed by atoms with Crippen LogP contribution in [0.3, 0.4) is 0 Å². The van der Waals surface area contributed by atoms with Gasteiger partial charge in [-0.3, -0.25) is 19.4 Å². The topological polar surface area (TPSA) is 79.0 Å². The SMILES string of the molecule is CCOc1ccccc1[C@@H]1NN(C(=O)c2cccc(Br)c2)[C@@H]2C(=O)N(c3ccc(C)cc3)C(=O)[C@@H]21. The summed E-state index contributed by atoms with van der Waals surface area (Å²) in [7, 11) is 0. The van der Waals surface area contributed by atoms with Gasteiger partial charge >= 0.3 is 0 Å². The van der Waals surface area contributed by atoms with E-state index in [1.807, 2.05) is 56.3 Å². The first-order chi connectivity index (χ1) is 16.9. The minimum absolute atomic E-state index is 0.350. The number of fused-ring (bicyclic) bond motifs is 1. The van der Waals surface area contributed by atoms with E-state index in [-0.39, 0.29) is 11.8 Å². The summed E-state index contributed by atoms with van der Waals surface area (Å²) < 4.78 is 6.56. The number of amides is 3. The number of carbonyl (C=O) groups is 3. The van der Waals surface area contributed by atoms with Crippen LogP contribution in [0.4, 0.5) is 5.69 Å². The Balaban J connectivity index is 1.60. The van der Waals surface area contributed by atoms with E-state index in [0.717, 1.165) is 15.6 Å². The molecule has 2 heterocycles. The Bertz CT molecular complexity index is 1310. The molecule has 2 fully saturated rings. The van der Waals surface area contributed by atoms with Gasteiger partial charge in [0.25, 0.3) is 11.8 Å². The molecule has 0 unspecified atom stereocenters. The van der Waals surface area contributed by atoms with Crippen molar-refractivity contribution < 1.29 is 19.1 Å². The number of anilines is 1. The number of aryl methyl sites for hydroxylation is 1. The standard InChI is InChI=1S/C27H24BrN3O4/c1-3-35-21-10-5-4-9-20(21)23-22-24(31(29-23)25(32)17-7-6-8-18(28)15-17)27(34)30(26(22)33)19-13-11-16(2)12-14-19/h4-15,22-24,29H,3H2,1-2H3/t22-,23+,24+/m1/s1. The van der Waals surface area contributed by atoms with Crippen molar-refractivity contribution in [2.45, 2.75) is 25.9 Å². The molecule has 8 heteroatoms. The Morgan fingerprint density at radius 3 is 2.46 bits per heavy atom. The van der Waals surface area contributed by atoms with Gasteiger partial charge in [-0.1, -0.05) is 57.9 Å². The maximum atomic E-state index is 13.8. The fourth-order valence-corrected chi connectivity index (χ4v) is 5.17. The molecule has 3 aromatic carbocycles. The molecule has 0 spiro atoms. The molecule has 1 N–H and O–H groups in total. The number of hydrogen-bond donors (Lipinski definition) is 1. The number of ether oxygens (including phenoxy) is 1. The van der Waals surface area contributed by atoms with Crippen molar-refractivity contribution in [2.24, 2.45) is 5.92 Å². The average Bonchev–Trinajstić information content (AvgIpc) is 3.36. The predicted molar refractivity (Wildman–Crippen MR) is 135 cm³/mol. The summed E-state index contributed by atoms with van der Waals surface area (Å²) in [5.41, 5.74) is 5.82. The van der Waals surface area contributed by atoms with Crippen LogP contribution in [-0.4, -0.2) is 35.4 Å². The van der Waals surface area contributed by atoms with Crippen LogP contribution in [-0.2, 0) is 9.59 Å². The Kier molecular flexibility index (Phi) is 6.17. The lowest BCUT2D eigenvalue weighted by atomic mass is 9.90. The maximum Gasteiger partial charge on any atom is 0.268 e. The van der Waals surface area contributed by atoms with E-state index in [9.17, 15) is 14.4 Å². The molecule has 2 saturated heterocycles. The normalized spacial score (nSPS) is 21.4. The van der Waals surface area contributed by atoms with E-state index in [2.05, 4.69) is 21.4 Å². The summed E-state index contributed by atoms with van der Waals surface area (Å²) in [5.74, 6) is -1.36. The van der Waals surface area contributed by atoms with Crippen LogP contribution in [0, 0.1) is 12.8 Å². The summed E-state index contributed by atoms with van der Waals surface area (Å²) in [6.45, 7) is 4.27. The van der Waals surface area contributed by atoms with E-state index in [1.54, 1.807) is 30.3 Å². The number of carbonyl (C=O) groups excluding carboxylic acids is 3. The van der Waals surface area contributed by atoms with Gasteiger partial charge in [0.1, 0.15) is 11.8 Å². The first kappa shape index (κ1) is 23.3. The number of hydrazine groups is 1. The van der Waals surface area contributed by atoms with E-state index in [0.29, 0.717) is 23.6 Å². The third-order valence-electron chi connectivity index (χ3n) is 6.37. The second-order valence-electron chi connectivity index (χ2n) is 8.58. The van der Waals surface area contributed by atoms with Crippen molar-refractivity contribution in [3.8, 4) is 5.75 Å². The number of rotatable bonds is 5. The van der Waals surface area contributed by atoms with E-state index < -0.39 is 23.9 Å². The van der Waals surface area contributed by atoms with Gasteiger partial charge < -0.3 is 4.74 Å². The number of benzene rings is 3. The van der Waals surface area contributed by atoms with Crippen molar-refractivity contribution in [2.75, 3.05) is 11.5 Å². The summed E-state index contributed by atoms with van der Waals surface area (Å²) in [6, 6.07) is 20.0. The fraction of sp³-hybridized carbons (Fsp3) is 0.222. The average molecular weight is 534 g/mol. The summed E-state index contributed by atoms with van der Waals surface area (Å²) in [6.07, 6.45) is 0. The first-order valence-electron chi connectivity index (χ1n) is 11.4. The molecule has 2 aliphatic heterocycles. The van der Waals surface area contributed by atoms with Crippen molar-refractivity contribution >= 4 is 39.3 Å². The summed E-state index contributed by atoms with van der Waals surface area (Å²) >= 11 is 3.40. The van der Waals surface area contributed by atoms with Gasteiger partial charge in [-0.2, -0.15) is 0 Å². The molecule has 35 heavy (non-hydrogen) atoms. The van der Waals surface area contributed by atoms with Gasteiger partial charge in [0, 0.05) is 15.6 Å². The fourth-order valence-electron chi connectivity index (χ4n) is 4.77. The van der Waals surface area contributed by atoms with Crippen LogP contribution < -0.4 is 15.1 Å². The zero-order valence-electron chi connectivity index (χ0n) is 19.3. The third-order valence-corrected chi connectivity index (χ3v) is 6.86. The minimum Gasteiger partial charge on any atom is -0.494 e. The van der Waals surface area contributed by atoms with Crippen LogP contribution in [0.5, 0.6) is 5.75 Å². The molecular weight excluding hydrogens is 510 g/mol. The lowest BCUT2D eigenvalue weighted by Crippen LogP contribution is -2.48.